The Balaban J connectivity index is 1.58. The second-order valence-corrected chi connectivity index (χ2v) is 8.45. The molecule has 0 aliphatic rings. The molecule has 1 unspecified atom stereocenters. The maximum atomic E-state index is 13.4. The molecule has 0 saturated carbocycles. The van der Waals surface area contributed by atoms with Crippen LogP contribution in [0.5, 0.6) is 5.75 Å². The number of benzene rings is 3. The van der Waals surface area contributed by atoms with Gasteiger partial charge in [0.25, 0.3) is 0 Å². The van der Waals surface area contributed by atoms with Crippen molar-refractivity contribution in [2.75, 3.05) is 0 Å². The Bertz CT molecular complexity index is 1410. The number of carbonyl (C=O) groups is 2. The van der Waals surface area contributed by atoms with E-state index in [9.17, 15) is 14.4 Å². The van der Waals surface area contributed by atoms with E-state index in [0.29, 0.717) is 23.0 Å². The molecule has 1 atom stereocenters. The van der Waals surface area contributed by atoms with Crippen LogP contribution in [0.25, 0.3) is 11.0 Å². The molecule has 36 heavy (non-hydrogen) atoms. The number of ether oxygens (including phenoxy) is 2. The zero-order valence-electron chi connectivity index (χ0n) is 20.2. The standard InChI is InChI=1S/C29H27NO6/c1-3-22-17-26(31)35-24-14-19(2)15-25(27(22)24)36-28(32)23(16-20-10-6-4-7-11-20)30-29(33)34-18-21-12-8-5-9-13-21/h4-15,17,23H,3,16,18H2,1-2H3,(H,30,33). The van der Waals surface area contributed by atoms with Crippen molar-refractivity contribution in [3.63, 3.8) is 0 Å². The van der Waals surface area contributed by atoms with Gasteiger partial charge < -0.3 is 19.2 Å². The highest BCUT2D eigenvalue weighted by Crippen LogP contribution is 2.30. The van der Waals surface area contributed by atoms with E-state index in [1.54, 1.807) is 12.1 Å². The van der Waals surface area contributed by atoms with Gasteiger partial charge in [0.1, 0.15) is 24.0 Å². The normalized spacial score (nSPS) is 11.6. The van der Waals surface area contributed by atoms with Gasteiger partial charge in [0, 0.05) is 12.5 Å². The van der Waals surface area contributed by atoms with Gasteiger partial charge in [-0.15, -0.1) is 0 Å². The van der Waals surface area contributed by atoms with Gasteiger partial charge in [-0.3, -0.25) is 0 Å². The molecule has 4 rings (SSSR count). The van der Waals surface area contributed by atoms with E-state index in [1.807, 2.05) is 74.5 Å². The number of amides is 1. The molecule has 3 aromatic carbocycles. The van der Waals surface area contributed by atoms with Gasteiger partial charge in [0.05, 0.1) is 5.39 Å². The predicted octanol–water partition coefficient (Wildman–Crippen LogP) is 5.11. The van der Waals surface area contributed by atoms with Gasteiger partial charge in [-0.25, -0.2) is 14.4 Å². The van der Waals surface area contributed by atoms with E-state index < -0.39 is 23.7 Å². The number of fused-ring (bicyclic) bond motifs is 1. The van der Waals surface area contributed by atoms with Crippen LogP contribution in [0.3, 0.4) is 0 Å². The average molecular weight is 486 g/mol. The first kappa shape index (κ1) is 24.7. The fourth-order valence-electron chi connectivity index (χ4n) is 3.96. The van der Waals surface area contributed by atoms with E-state index in [1.165, 1.54) is 6.07 Å². The van der Waals surface area contributed by atoms with Crippen LogP contribution in [0, 0.1) is 6.92 Å². The van der Waals surface area contributed by atoms with Crippen LogP contribution >= 0.6 is 0 Å². The van der Waals surface area contributed by atoms with Crippen molar-refractivity contribution in [1.82, 2.24) is 5.32 Å². The van der Waals surface area contributed by atoms with Crippen molar-refractivity contribution < 1.29 is 23.5 Å². The van der Waals surface area contributed by atoms with Crippen LogP contribution in [0.15, 0.2) is 88.1 Å². The summed E-state index contributed by atoms with van der Waals surface area (Å²) in [6, 6.07) is 22.4. The highest BCUT2D eigenvalue weighted by molar-refractivity contribution is 5.91. The molecule has 1 amide bonds. The number of carbonyl (C=O) groups excluding carboxylic acids is 2. The molecule has 0 bridgehead atoms. The van der Waals surface area contributed by atoms with Crippen molar-refractivity contribution >= 4 is 23.0 Å². The first-order valence-corrected chi connectivity index (χ1v) is 11.7. The largest absolute Gasteiger partial charge is 0.445 e. The second-order valence-electron chi connectivity index (χ2n) is 8.45. The van der Waals surface area contributed by atoms with Crippen LogP contribution in [-0.4, -0.2) is 18.1 Å². The molecule has 7 nitrogen and oxygen atoms in total. The summed E-state index contributed by atoms with van der Waals surface area (Å²) in [4.78, 5) is 37.9. The number of hydrogen-bond acceptors (Lipinski definition) is 6. The molecule has 0 radical (unpaired) electrons. The smallest absolute Gasteiger partial charge is 0.408 e. The Morgan fingerprint density at radius 1 is 0.944 bits per heavy atom. The Morgan fingerprint density at radius 2 is 1.61 bits per heavy atom. The van der Waals surface area contributed by atoms with E-state index in [4.69, 9.17) is 13.9 Å². The minimum Gasteiger partial charge on any atom is -0.445 e. The summed E-state index contributed by atoms with van der Waals surface area (Å²) in [6.45, 7) is 3.79. The van der Waals surface area contributed by atoms with E-state index in [2.05, 4.69) is 5.32 Å². The molecule has 0 aliphatic carbocycles. The topological polar surface area (TPSA) is 94.8 Å². The van der Waals surface area contributed by atoms with Gasteiger partial charge in [0.15, 0.2) is 0 Å². The lowest BCUT2D eigenvalue weighted by molar-refractivity contribution is -0.136. The fraction of sp³-hybridized carbons (Fsp3) is 0.207. The minimum atomic E-state index is -1.01. The number of alkyl carbamates (subject to hydrolysis) is 1. The van der Waals surface area contributed by atoms with Crippen LogP contribution < -0.4 is 15.7 Å². The van der Waals surface area contributed by atoms with Crippen LogP contribution in [-0.2, 0) is 29.0 Å². The van der Waals surface area contributed by atoms with Crippen molar-refractivity contribution in [3.05, 3.63) is 112 Å². The number of esters is 1. The highest BCUT2D eigenvalue weighted by Gasteiger charge is 2.26. The van der Waals surface area contributed by atoms with Crippen LogP contribution in [0.1, 0.15) is 29.2 Å². The zero-order valence-corrected chi connectivity index (χ0v) is 20.2. The summed E-state index contributed by atoms with van der Waals surface area (Å²) >= 11 is 0. The summed E-state index contributed by atoms with van der Waals surface area (Å²) in [5.41, 5.74) is 3.02. The highest BCUT2D eigenvalue weighted by atomic mass is 16.6. The SMILES string of the molecule is CCc1cc(=O)oc2cc(C)cc(OC(=O)C(Cc3ccccc3)NC(=O)OCc3ccccc3)c12. The van der Waals surface area contributed by atoms with Crippen molar-refractivity contribution in [2.24, 2.45) is 0 Å². The molecular weight excluding hydrogens is 458 g/mol. The quantitative estimate of drug-likeness (QED) is 0.212. The maximum Gasteiger partial charge on any atom is 0.408 e. The Kier molecular flexibility index (Phi) is 7.80. The minimum absolute atomic E-state index is 0.0706. The molecule has 0 aliphatic heterocycles. The van der Waals surface area contributed by atoms with Gasteiger partial charge in [-0.2, -0.15) is 0 Å². The summed E-state index contributed by atoms with van der Waals surface area (Å²) in [5, 5.41) is 3.20. The van der Waals surface area contributed by atoms with Gasteiger partial charge in [-0.1, -0.05) is 67.6 Å². The Hall–Kier alpha value is -4.39. The lowest BCUT2D eigenvalue weighted by atomic mass is 10.0. The lowest BCUT2D eigenvalue weighted by Crippen LogP contribution is -2.44. The number of hydrogen-bond donors (Lipinski definition) is 1. The molecule has 1 aromatic heterocycles. The van der Waals surface area contributed by atoms with Crippen LogP contribution in [0.4, 0.5) is 4.79 Å². The summed E-state index contributed by atoms with van der Waals surface area (Å²) < 4.78 is 16.5. The maximum absolute atomic E-state index is 13.4. The molecule has 0 fully saturated rings. The van der Waals surface area contributed by atoms with Gasteiger partial charge in [0.2, 0.25) is 0 Å². The van der Waals surface area contributed by atoms with Gasteiger partial charge in [-0.05, 0) is 47.7 Å². The monoisotopic (exact) mass is 485 g/mol. The van der Waals surface area contributed by atoms with Crippen molar-refractivity contribution in [1.29, 1.82) is 0 Å². The summed E-state index contributed by atoms with van der Waals surface area (Å²) in [6.07, 6.45) is 0.0263. The number of aryl methyl sites for hydroxylation is 2. The number of nitrogens with one attached hydrogen (secondary N) is 1. The molecule has 7 heteroatoms. The molecule has 1 N–H and O–H groups in total. The molecular formula is C29H27NO6. The average Bonchev–Trinajstić information content (AvgIpc) is 2.87. The summed E-state index contributed by atoms with van der Waals surface area (Å²) in [5.74, 6) is -0.385. The van der Waals surface area contributed by atoms with E-state index in [-0.39, 0.29) is 18.8 Å². The van der Waals surface area contributed by atoms with Crippen molar-refractivity contribution in [2.45, 2.75) is 39.3 Å². The third-order valence-corrected chi connectivity index (χ3v) is 5.70. The molecule has 1 heterocycles. The van der Waals surface area contributed by atoms with E-state index in [0.717, 1.165) is 16.7 Å². The third-order valence-electron chi connectivity index (χ3n) is 5.70. The first-order chi connectivity index (χ1) is 17.4. The van der Waals surface area contributed by atoms with Crippen LogP contribution in [0.2, 0.25) is 0 Å². The Labute approximate surface area is 208 Å². The zero-order chi connectivity index (χ0) is 25.5. The molecule has 0 spiro atoms. The second kappa shape index (κ2) is 11.4. The molecule has 184 valence electrons. The number of rotatable bonds is 8. The van der Waals surface area contributed by atoms with Crippen molar-refractivity contribution in [3.8, 4) is 5.75 Å². The third kappa shape index (κ3) is 6.18. The molecule has 4 aromatic rings. The fourth-order valence-corrected chi connectivity index (χ4v) is 3.96. The Morgan fingerprint density at radius 3 is 2.28 bits per heavy atom. The first-order valence-electron chi connectivity index (χ1n) is 11.7. The predicted molar refractivity (Wildman–Crippen MR) is 136 cm³/mol. The van der Waals surface area contributed by atoms with E-state index >= 15 is 0 Å². The summed E-state index contributed by atoms with van der Waals surface area (Å²) in [7, 11) is 0. The van der Waals surface area contributed by atoms with Gasteiger partial charge >= 0.3 is 17.7 Å². The molecule has 0 saturated heterocycles. The lowest BCUT2D eigenvalue weighted by Gasteiger charge is -2.19.